The van der Waals surface area contributed by atoms with E-state index in [0.29, 0.717) is 19.3 Å². The first-order valence-electron chi connectivity index (χ1n) is 19.7. The molecule has 3 rings (SSSR count). The van der Waals surface area contributed by atoms with Crippen LogP contribution in [0.3, 0.4) is 0 Å². The van der Waals surface area contributed by atoms with E-state index >= 15 is 0 Å². The van der Waals surface area contributed by atoms with E-state index in [1.807, 2.05) is 20.8 Å². The Kier molecular flexibility index (Phi) is 16.4. The molecule has 3 aliphatic heterocycles. The third-order valence-electron chi connectivity index (χ3n) is 12.3. The molecule has 316 valence electrons. The standard InChI is InChI=1S/C39H72N2O13/c1-14-27-39(10,48)33(45)23(5)30(43)20(2)16-38(9,47)34(54-36-31(44)26(15-21(3)51-36)41(12)19-28(42)40-11)24(6)32(25(7)35(46)52-27)53-29-18-37(8,49-13)17-22(4)50-29/h20-27,29-34,36,43-45,47-48H,14-19H2,1-13H3,(H,40,42)/t20-,21-,22+,23+,24+,25-,26+,27-,29+,30+,31-,32+,33-,34-,36+,37+,38-,39-/m1/s1. The summed E-state index contributed by atoms with van der Waals surface area (Å²) in [5.74, 6) is -4.33. The van der Waals surface area contributed by atoms with Crippen molar-refractivity contribution in [2.24, 2.45) is 23.7 Å². The van der Waals surface area contributed by atoms with Crippen LogP contribution in [0.4, 0.5) is 0 Å². The zero-order valence-electron chi connectivity index (χ0n) is 34.9. The van der Waals surface area contributed by atoms with Gasteiger partial charge in [-0.1, -0.05) is 27.7 Å². The van der Waals surface area contributed by atoms with Crippen LogP contribution in [0.1, 0.15) is 101 Å². The highest BCUT2D eigenvalue weighted by Crippen LogP contribution is 2.41. The largest absolute Gasteiger partial charge is 0.459 e. The molecule has 0 aromatic carbocycles. The number of methoxy groups -OCH3 is 1. The SMILES string of the molecule is CC[C@H]1OC(=O)[C@H](C)[C@@H](O[C@H]2C[C@@](C)(OC)C[C@H](C)O2)[C@H](C)[C@@H](O[C@@H]2O[C@H](C)C[C@H](N(C)CC(=O)NC)[C@H]2O)[C@](C)(O)C[C@@H](C)[C@H](O)[C@H](C)[C@@H](O)[C@]1(C)O. The molecule has 0 aliphatic carbocycles. The molecule has 3 saturated heterocycles. The maximum absolute atomic E-state index is 14.2. The molecule has 1 amide bonds. The van der Waals surface area contributed by atoms with Gasteiger partial charge in [0.25, 0.3) is 0 Å². The number of hydrogen-bond acceptors (Lipinski definition) is 14. The lowest BCUT2D eigenvalue weighted by molar-refractivity contribution is -0.311. The third kappa shape index (κ3) is 10.9. The number of nitrogens with zero attached hydrogens (tertiary/aromatic N) is 1. The molecule has 0 unspecified atom stereocenters. The molecule has 0 bridgehead atoms. The number of rotatable bonds is 9. The Balaban J connectivity index is 2.16. The Morgan fingerprint density at radius 2 is 1.56 bits per heavy atom. The summed E-state index contributed by atoms with van der Waals surface area (Å²) in [7, 11) is 4.89. The van der Waals surface area contributed by atoms with Gasteiger partial charge in [-0.2, -0.15) is 0 Å². The quantitative estimate of drug-likeness (QED) is 0.185. The fourth-order valence-corrected chi connectivity index (χ4v) is 8.99. The molecule has 0 spiro atoms. The van der Waals surface area contributed by atoms with E-state index in [2.05, 4.69) is 5.32 Å². The molecule has 6 N–H and O–H groups in total. The zero-order valence-corrected chi connectivity index (χ0v) is 34.9. The summed E-state index contributed by atoms with van der Waals surface area (Å²) in [6.45, 7) is 17.1. The molecule has 3 aliphatic rings. The van der Waals surface area contributed by atoms with Gasteiger partial charge in [-0.15, -0.1) is 0 Å². The van der Waals surface area contributed by atoms with E-state index < -0.39 is 108 Å². The smallest absolute Gasteiger partial charge is 0.311 e. The van der Waals surface area contributed by atoms with Gasteiger partial charge >= 0.3 is 5.97 Å². The number of likely N-dealkylation sites (N-methyl/N-ethyl adjacent to an activating group) is 2. The number of amides is 1. The third-order valence-corrected chi connectivity index (χ3v) is 12.3. The Labute approximate surface area is 322 Å². The Morgan fingerprint density at radius 3 is 2.13 bits per heavy atom. The summed E-state index contributed by atoms with van der Waals surface area (Å²) in [5, 5.41) is 61.5. The summed E-state index contributed by atoms with van der Waals surface area (Å²) >= 11 is 0. The highest BCUT2D eigenvalue weighted by atomic mass is 16.7. The molecular weight excluding hydrogens is 704 g/mol. The van der Waals surface area contributed by atoms with E-state index in [-0.39, 0.29) is 31.4 Å². The second kappa shape index (κ2) is 18.8. The number of carbonyl (C=O) groups is 2. The van der Waals surface area contributed by atoms with Gasteiger partial charge in [0.05, 0.1) is 60.3 Å². The maximum atomic E-state index is 14.2. The molecule has 3 fully saturated rings. The summed E-state index contributed by atoms with van der Waals surface area (Å²) in [6.07, 6.45) is -8.61. The van der Waals surface area contributed by atoms with E-state index in [1.165, 1.54) is 14.0 Å². The lowest BCUT2D eigenvalue weighted by atomic mass is 9.73. The summed E-state index contributed by atoms with van der Waals surface area (Å²) in [6, 6.07) is -0.540. The molecule has 0 aromatic rings. The fraction of sp³-hybridized carbons (Fsp3) is 0.949. The van der Waals surface area contributed by atoms with Gasteiger partial charge in [-0.3, -0.25) is 14.5 Å². The highest BCUT2D eigenvalue weighted by molar-refractivity contribution is 5.77. The van der Waals surface area contributed by atoms with Crippen LogP contribution in [0.2, 0.25) is 0 Å². The monoisotopic (exact) mass is 777 g/mol. The minimum absolute atomic E-state index is 0.0238. The van der Waals surface area contributed by atoms with Crippen molar-refractivity contribution in [3.8, 4) is 0 Å². The predicted molar refractivity (Wildman–Crippen MR) is 199 cm³/mol. The molecule has 0 radical (unpaired) electrons. The average molecular weight is 777 g/mol. The Morgan fingerprint density at radius 1 is 0.926 bits per heavy atom. The number of aliphatic hydroxyl groups is 5. The van der Waals surface area contributed by atoms with E-state index in [9.17, 15) is 35.1 Å². The van der Waals surface area contributed by atoms with Crippen LogP contribution in [-0.4, -0.2) is 154 Å². The maximum Gasteiger partial charge on any atom is 0.311 e. The van der Waals surface area contributed by atoms with Crippen LogP contribution in [-0.2, 0) is 38.0 Å². The molecule has 15 heteroatoms. The number of esters is 1. The number of hydrogen-bond donors (Lipinski definition) is 6. The Bertz CT molecular complexity index is 1220. The first-order chi connectivity index (χ1) is 24.9. The van der Waals surface area contributed by atoms with Crippen molar-refractivity contribution in [1.82, 2.24) is 10.2 Å². The van der Waals surface area contributed by atoms with Gasteiger partial charge in [-0.25, -0.2) is 0 Å². The van der Waals surface area contributed by atoms with Crippen LogP contribution in [0.25, 0.3) is 0 Å². The highest BCUT2D eigenvalue weighted by Gasteiger charge is 2.53. The molecule has 3 heterocycles. The first kappa shape index (κ1) is 46.9. The normalized spacial score (nSPS) is 47.5. The van der Waals surface area contributed by atoms with Crippen molar-refractivity contribution >= 4 is 11.9 Å². The second-order valence-electron chi connectivity index (χ2n) is 17.3. The predicted octanol–water partition coefficient (Wildman–Crippen LogP) is 1.72. The number of cyclic esters (lactones) is 1. The molecule has 0 saturated carbocycles. The lowest BCUT2D eigenvalue weighted by Gasteiger charge is -2.49. The summed E-state index contributed by atoms with van der Waals surface area (Å²) < 4.78 is 37.7. The van der Waals surface area contributed by atoms with Crippen molar-refractivity contribution in [3.05, 3.63) is 0 Å². The van der Waals surface area contributed by atoms with Crippen molar-refractivity contribution in [1.29, 1.82) is 0 Å². The van der Waals surface area contributed by atoms with Gasteiger partial charge in [0.15, 0.2) is 12.6 Å². The summed E-state index contributed by atoms with van der Waals surface area (Å²) in [5.41, 5.74) is -4.28. The molecule has 0 aromatic heterocycles. The van der Waals surface area contributed by atoms with Crippen molar-refractivity contribution in [2.45, 2.75) is 186 Å². The van der Waals surface area contributed by atoms with E-state index in [1.54, 1.807) is 60.6 Å². The van der Waals surface area contributed by atoms with Crippen LogP contribution >= 0.6 is 0 Å². The minimum atomic E-state index is -1.93. The zero-order chi connectivity index (χ0) is 41.1. The van der Waals surface area contributed by atoms with Gasteiger partial charge in [0.1, 0.15) is 17.8 Å². The van der Waals surface area contributed by atoms with Crippen molar-refractivity contribution in [2.75, 3.05) is 27.7 Å². The van der Waals surface area contributed by atoms with Gasteiger partial charge in [-0.05, 0) is 73.8 Å². The van der Waals surface area contributed by atoms with Crippen LogP contribution in [0.5, 0.6) is 0 Å². The number of carbonyl (C=O) groups excluding carboxylic acids is 2. The number of nitrogens with one attached hydrogen (secondary N) is 1. The van der Waals surface area contributed by atoms with Crippen LogP contribution in [0, 0.1) is 23.7 Å². The van der Waals surface area contributed by atoms with E-state index in [0.717, 1.165) is 0 Å². The second-order valence-corrected chi connectivity index (χ2v) is 17.3. The molecule has 54 heavy (non-hydrogen) atoms. The average Bonchev–Trinajstić information content (AvgIpc) is 3.09. The summed E-state index contributed by atoms with van der Waals surface area (Å²) in [4.78, 5) is 28.2. The van der Waals surface area contributed by atoms with Crippen molar-refractivity contribution in [3.63, 3.8) is 0 Å². The minimum Gasteiger partial charge on any atom is -0.459 e. The number of aliphatic hydroxyl groups excluding tert-OH is 3. The van der Waals surface area contributed by atoms with Crippen LogP contribution in [0.15, 0.2) is 0 Å². The molecular formula is C39H72N2O13. The van der Waals surface area contributed by atoms with Gasteiger partial charge in [0, 0.05) is 44.9 Å². The van der Waals surface area contributed by atoms with Gasteiger partial charge in [0.2, 0.25) is 5.91 Å². The lowest BCUT2D eigenvalue weighted by Crippen LogP contribution is -2.61. The van der Waals surface area contributed by atoms with Crippen molar-refractivity contribution < 1.29 is 63.5 Å². The first-order valence-corrected chi connectivity index (χ1v) is 19.7. The van der Waals surface area contributed by atoms with Crippen LogP contribution < -0.4 is 5.32 Å². The fourth-order valence-electron chi connectivity index (χ4n) is 8.99. The molecule has 15 nitrogen and oxygen atoms in total. The Hall–Kier alpha value is -1.50. The number of ether oxygens (including phenoxy) is 6. The van der Waals surface area contributed by atoms with Gasteiger partial charge < -0.3 is 59.3 Å². The molecule has 18 atom stereocenters. The van der Waals surface area contributed by atoms with E-state index in [4.69, 9.17) is 28.4 Å². The topological polar surface area (TPSA) is 206 Å².